The molecule has 1 heterocycles. The fourth-order valence-electron chi connectivity index (χ4n) is 12.6. The van der Waals surface area contributed by atoms with E-state index in [1.165, 1.54) is 23.8 Å². The van der Waals surface area contributed by atoms with Gasteiger partial charge in [0.1, 0.15) is 6.10 Å². The van der Waals surface area contributed by atoms with Crippen molar-refractivity contribution in [3.63, 3.8) is 0 Å². The number of carboxylic acids is 1. The summed E-state index contributed by atoms with van der Waals surface area (Å²) in [5, 5.41) is 13.1. The number of halogens is 3. The standard InChI is InChI=1S/C49H67F3N2O7/c1-11-33(59-38(56)27-43(5,6)41(57)58)19-21-44(7)31(4)18-22-47(10)45(8)24-25-48(26-36(55)39(30(2)3)40(48)35(45)20-23-46(44,47)9)29-54-42-53-28-37(60-42)32-14-12-13-15-34(17-16-32)61-49(50,51)52/h13-14,16-17,28,30-31,33,35H,11-12,18-27,29H2,1-10H3,(H,53,54)(H,57,58)/b17-16-,32-14+/t15?,31-,33-,35-,44+,45-,46-,47+,48?/m1/s1. The molecule has 61 heavy (non-hydrogen) atoms. The predicted molar refractivity (Wildman–Crippen MR) is 228 cm³/mol. The van der Waals surface area contributed by atoms with Gasteiger partial charge in [-0.2, -0.15) is 0 Å². The molecule has 5 aliphatic rings. The van der Waals surface area contributed by atoms with Gasteiger partial charge in [-0.1, -0.05) is 72.8 Å². The van der Waals surface area contributed by atoms with Crippen LogP contribution in [0.4, 0.5) is 19.2 Å². The first kappa shape index (κ1) is 46.5. The van der Waals surface area contributed by atoms with Crippen LogP contribution in [0.25, 0.3) is 5.57 Å². The third-order valence-corrected chi connectivity index (χ3v) is 16.9. The van der Waals surface area contributed by atoms with Crippen LogP contribution in [0.15, 0.2) is 57.6 Å². The Bertz CT molecular complexity index is 2050. The van der Waals surface area contributed by atoms with E-state index in [0.29, 0.717) is 55.5 Å². The van der Waals surface area contributed by atoms with Gasteiger partial charge in [0.05, 0.1) is 18.0 Å². The first-order valence-corrected chi connectivity index (χ1v) is 22.4. The molecule has 1 aromatic rings. The number of alkyl halides is 3. The van der Waals surface area contributed by atoms with Gasteiger partial charge in [0.15, 0.2) is 17.3 Å². The molecule has 6 rings (SSSR count). The number of fused-ring (bicyclic) bond motifs is 5. The Morgan fingerprint density at radius 1 is 1.07 bits per heavy atom. The van der Waals surface area contributed by atoms with E-state index in [4.69, 9.17) is 9.15 Å². The summed E-state index contributed by atoms with van der Waals surface area (Å²) < 4.78 is 54.9. The van der Waals surface area contributed by atoms with Crippen molar-refractivity contribution in [3.8, 4) is 0 Å². The van der Waals surface area contributed by atoms with Gasteiger partial charge in [-0.3, -0.25) is 14.4 Å². The molecule has 0 aliphatic heterocycles. The monoisotopic (exact) mass is 852 g/mol. The predicted octanol–water partition coefficient (Wildman–Crippen LogP) is 12.2. The molecule has 3 fully saturated rings. The number of ketones is 1. The van der Waals surface area contributed by atoms with Gasteiger partial charge in [0, 0.05) is 24.0 Å². The summed E-state index contributed by atoms with van der Waals surface area (Å²) in [5.41, 5.74) is 3.52. The van der Waals surface area contributed by atoms with Crippen LogP contribution in [0.1, 0.15) is 152 Å². The Labute approximate surface area is 359 Å². The molecule has 2 N–H and O–H groups in total. The van der Waals surface area contributed by atoms with E-state index in [9.17, 15) is 32.7 Å². The van der Waals surface area contributed by atoms with Crippen LogP contribution in [0.3, 0.4) is 0 Å². The highest BCUT2D eigenvalue weighted by Gasteiger charge is 2.71. The van der Waals surface area contributed by atoms with Crippen molar-refractivity contribution in [2.45, 2.75) is 159 Å². The van der Waals surface area contributed by atoms with Crippen molar-refractivity contribution in [2.24, 2.45) is 50.2 Å². The number of aromatic nitrogens is 1. The van der Waals surface area contributed by atoms with Crippen molar-refractivity contribution in [3.05, 3.63) is 58.9 Å². The molecular weight excluding hydrogens is 786 g/mol. The lowest BCUT2D eigenvalue weighted by atomic mass is 9.30. The number of carbonyl (C=O) groups excluding carboxylic acids is 2. The van der Waals surface area contributed by atoms with Crippen molar-refractivity contribution >= 4 is 29.3 Å². The average Bonchev–Trinajstić information content (AvgIpc) is 3.75. The number of hydrogen-bond acceptors (Lipinski definition) is 8. The van der Waals surface area contributed by atoms with Crippen molar-refractivity contribution < 1.29 is 46.6 Å². The van der Waals surface area contributed by atoms with Gasteiger partial charge < -0.3 is 24.3 Å². The zero-order valence-electron chi connectivity index (χ0n) is 37.9. The number of nitrogens with one attached hydrogen (secondary N) is 1. The Kier molecular flexibility index (Phi) is 12.6. The molecule has 9 nitrogen and oxygen atoms in total. The van der Waals surface area contributed by atoms with Gasteiger partial charge in [0.25, 0.3) is 6.01 Å². The molecule has 3 saturated carbocycles. The first-order valence-electron chi connectivity index (χ1n) is 22.4. The summed E-state index contributed by atoms with van der Waals surface area (Å²) >= 11 is 0. The highest BCUT2D eigenvalue weighted by Crippen LogP contribution is 2.79. The Morgan fingerprint density at radius 2 is 1.77 bits per heavy atom. The normalized spacial score (nSPS) is 34.6. The molecule has 5 aliphatic carbocycles. The topological polar surface area (TPSA) is 128 Å². The number of ether oxygens (including phenoxy) is 2. The number of carboxylic acid groups (broad SMARTS) is 1. The zero-order chi connectivity index (χ0) is 45.0. The maximum Gasteiger partial charge on any atom is 0.573 e. The smallest absolute Gasteiger partial charge is 0.481 e. The number of carbonyl (C=O) groups is 3. The second kappa shape index (κ2) is 16.6. The molecule has 0 saturated heterocycles. The SMILES string of the molecule is CC[C@H](CC[C@@]1(C)[C@H](C)CC[C@]2(C)[C@]1(C)CC[C@@H]1C3=C(C(C)C)C(=O)CC3(CNc3ncc(C4=C/CC=C=C(OC(F)(F)F)/C=C\4)o3)CC[C@]12C)OC(=O)CC(C)(C)C(=O)O. The van der Waals surface area contributed by atoms with Crippen LogP contribution in [-0.2, 0) is 23.9 Å². The maximum atomic E-state index is 14.2. The van der Waals surface area contributed by atoms with E-state index in [0.717, 1.165) is 50.5 Å². The number of anilines is 1. The van der Waals surface area contributed by atoms with Crippen LogP contribution in [0.2, 0.25) is 0 Å². The van der Waals surface area contributed by atoms with Crippen LogP contribution in [0, 0.1) is 50.2 Å². The fraction of sp³-hybridized carbons (Fsp3) is 0.694. The van der Waals surface area contributed by atoms with Crippen LogP contribution >= 0.6 is 0 Å². The van der Waals surface area contributed by atoms with Crippen LogP contribution < -0.4 is 5.32 Å². The lowest BCUT2D eigenvalue weighted by Crippen LogP contribution is -2.67. The molecule has 336 valence electrons. The molecule has 1 aromatic heterocycles. The number of allylic oxidation sites excluding steroid dienone is 5. The molecule has 1 unspecified atom stereocenters. The minimum atomic E-state index is -4.83. The summed E-state index contributed by atoms with van der Waals surface area (Å²) in [6, 6.07) is 0.290. The highest BCUT2D eigenvalue weighted by molar-refractivity contribution is 6.00. The number of rotatable bonds is 14. The minimum absolute atomic E-state index is 0.0458. The summed E-state index contributed by atoms with van der Waals surface area (Å²) in [6.07, 6.45) is 11.2. The lowest BCUT2D eigenvalue weighted by Gasteiger charge is -2.74. The quantitative estimate of drug-likeness (QED) is 0.139. The zero-order valence-corrected chi connectivity index (χ0v) is 37.9. The summed E-state index contributed by atoms with van der Waals surface area (Å²) in [4.78, 5) is 43.4. The number of Topliss-reactive ketones (excluding diaryl/α,β-unsaturated/α-hetero) is 1. The Balaban J connectivity index is 1.24. The number of nitrogens with zero attached hydrogens (tertiary/aromatic N) is 1. The van der Waals surface area contributed by atoms with E-state index < -0.39 is 34.9 Å². The van der Waals surface area contributed by atoms with Crippen molar-refractivity contribution in [2.75, 3.05) is 11.9 Å². The first-order chi connectivity index (χ1) is 28.4. The third-order valence-electron chi connectivity index (χ3n) is 16.9. The Hall–Kier alpha value is -4.05. The number of oxazole rings is 1. The maximum absolute atomic E-state index is 14.2. The molecule has 0 aromatic carbocycles. The molecular formula is C49H67F3N2O7. The Morgan fingerprint density at radius 3 is 2.43 bits per heavy atom. The van der Waals surface area contributed by atoms with E-state index in [2.05, 4.69) is 69.2 Å². The summed E-state index contributed by atoms with van der Waals surface area (Å²) in [7, 11) is 0. The molecule has 8 atom stereocenters. The van der Waals surface area contributed by atoms with Crippen molar-refractivity contribution in [1.29, 1.82) is 0 Å². The van der Waals surface area contributed by atoms with Gasteiger partial charge >= 0.3 is 18.3 Å². The third kappa shape index (κ3) is 8.31. The fourth-order valence-corrected chi connectivity index (χ4v) is 12.6. The minimum Gasteiger partial charge on any atom is -0.481 e. The van der Waals surface area contributed by atoms with Gasteiger partial charge in [0.2, 0.25) is 0 Å². The molecule has 0 radical (unpaired) electrons. The average molecular weight is 853 g/mol. The van der Waals surface area contributed by atoms with E-state index >= 15 is 0 Å². The second-order valence-electron chi connectivity index (χ2n) is 20.7. The molecule has 0 spiro atoms. The molecule has 0 bridgehead atoms. The van der Waals surface area contributed by atoms with Crippen LogP contribution in [0.5, 0.6) is 0 Å². The van der Waals surface area contributed by atoms with Crippen molar-refractivity contribution in [1.82, 2.24) is 4.98 Å². The molecule has 0 amide bonds. The van der Waals surface area contributed by atoms with Gasteiger partial charge in [-0.05, 0) is 141 Å². The van der Waals surface area contributed by atoms with Crippen LogP contribution in [-0.4, -0.2) is 46.8 Å². The lowest BCUT2D eigenvalue weighted by molar-refractivity contribution is -0.303. The summed E-state index contributed by atoms with van der Waals surface area (Å²) in [6.45, 7) is 22.3. The van der Waals surface area contributed by atoms with Gasteiger partial charge in [-0.15, -0.1) is 13.2 Å². The van der Waals surface area contributed by atoms with Gasteiger partial charge in [-0.25, -0.2) is 4.98 Å². The van der Waals surface area contributed by atoms with E-state index in [1.54, 1.807) is 20.0 Å². The van der Waals surface area contributed by atoms with E-state index in [1.807, 2.05) is 13.0 Å². The second-order valence-corrected chi connectivity index (χ2v) is 20.7. The highest BCUT2D eigenvalue weighted by atomic mass is 19.4. The number of aliphatic carboxylic acids is 1. The number of esters is 1. The molecule has 12 heteroatoms. The summed E-state index contributed by atoms with van der Waals surface area (Å²) in [5.74, 6) is -0.590. The number of hydrogen-bond donors (Lipinski definition) is 2. The largest absolute Gasteiger partial charge is 0.573 e. The van der Waals surface area contributed by atoms with E-state index in [-0.39, 0.29) is 51.8 Å².